The number of carbonyl (C=O) groups is 3. The lowest BCUT2D eigenvalue weighted by Crippen LogP contribution is -2.58. The minimum atomic E-state index is -1.69. The van der Waals surface area contributed by atoms with E-state index >= 15 is 0 Å². The molecule has 9 heteroatoms. The summed E-state index contributed by atoms with van der Waals surface area (Å²) < 4.78 is 11.6. The molecule has 0 bridgehead atoms. The number of Topliss-reactive ketones (excluding diaryl/α,β-unsaturated/α-hetero) is 1. The number of carbonyl (C=O) groups excluding carboxylic acids is 2. The van der Waals surface area contributed by atoms with Gasteiger partial charge in [-0.2, -0.15) is 0 Å². The minimum Gasteiger partial charge on any atom is -0.508 e. The van der Waals surface area contributed by atoms with E-state index in [0.29, 0.717) is 6.42 Å². The molecule has 1 heterocycles. The van der Waals surface area contributed by atoms with Crippen LogP contribution in [0.15, 0.2) is 62.5 Å². The van der Waals surface area contributed by atoms with E-state index < -0.39 is 57.3 Å². The first kappa shape index (κ1) is 30.9. The highest BCUT2D eigenvalue weighted by molar-refractivity contribution is 6.14. The third kappa shape index (κ3) is 4.41. The number of phenolic OH excluding ortho intramolecular Hbond substituents is 2. The summed E-state index contributed by atoms with van der Waals surface area (Å²) in [7, 11) is 1.33. The van der Waals surface area contributed by atoms with Crippen LogP contribution >= 0.6 is 0 Å². The highest BCUT2D eigenvalue weighted by Crippen LogP contribution is 2.62. The number of hydrogen-bond donors (Lipinski definition) is 3. The molecular weight excluding hydrogens is 576 g/mol. The number of hydrogen-bond acceptors (Lipinski definition) is 8. The Morgan fingerprint density at radius 1 is 1.04 bits per heavy atom. The highest BCUT2D eigenvalue weighted by Gasteiger charge is 2.63. The third-order valence-electron chi connectivity index (χ3n) is 11.5. The molecule has 0 unspecified atom stereocenters. The van der Waals surface area contributed by atoms with Crippen molar-refractivity contribution in [2.75, 3.05) is 7.11 Å². The topological polar surface area (TPSA) is 151 Å². The number of aliphatic carboxylic acids is 1. The Hall–Kier alpha value is -4.14. The number of phenols is 2. The number of methoxy groups -OCH3 is 1. The summed E-state index contributed by atoms with van der Waals surface area (Å²) in [4.78, 5) is 55.1. The van der Waals surface area contributed by atoms with Gasteiger partial charge < -0.3 is 24.5 Å². The van der Waals surface area contributed by atoms with E-state index in [-0.39, 0.29) is 52.4 Å². The van der Waals surface area contributed by atoms with Crippen LogP contribution in [0.2, 0.25) is 0 Å². The molecule has 0 amide bonds. The summed E-state index contributed by atoms with van der Waals surface area (Å²) in [5.74, 6) is -5.22. The molecule has 3 N–H and O–H groups in total. The summed E-state index contributed by atoms with van der Waals surface area (Å²) in [5.41, 5.74) is -1.30. The molecule has 1 aromatic heterocycles. The van der Waals surface area contributed by atoms with Gasteiger partial charge in [-0.05, 0) is 55.8 Å². The van der Waals surface area contributed by atoms with Gasteiger partial charge in [0.1, 0.15) is 33.6 Å². The zero-order chi connectivity index (χ0) is 32.6. The van der Waals surface area contributed by atoms with Crippen LogP contribution in [-0.4, -0.2) is 40.0 Å². The van der Waals surface area contributed by atoms with Crippen molar-refractivity contribution in [3.05, 3.63) is 69.3 Å². The van der Waals surface area contributed by atoms with Crippen LogP contribution in [0.4, 0.5) is 0 Å². The largest absolute Gasteiger partial charge is 0.508 e. The maximum absolute atomic E-state index is 14.6. The Kier molecular flexibility index (Phi) is 7.17. The lowest BCUT2D eigenvalue weighted by atomic mass is 9.46. The molecule has 0 spiro atoms. The number of allylic oxidation sites excluding steroid dienone is 6. The van der Waals surface area contributed by atoms with Gasteiger partial charge in [0.15, 0.2) is 17.0 Å². The predicted octanol–water partition coefficient (Wildman–Crippen LogP) is 5.96. The van der Waals surface area contributed by atoms with Crippen LogP contribution in [0.1, 0.15) is 72.0 Å². The van der Waals surface area contributed by atoms with E-state index in [1.165, 1.54) is 30.9 Å². The number of aromatic hydroxyl groups is 2. The molecule has 0 aliphatic heterocycles. The number of ether oxygens (including phenoxy) is 1. The van der Waals surface area contributed by atoms with Crippen LogP contribution in [0, 0.1) is 34.5 Å². The number of carboxylic acid groups (broad SMARTS) is 1. The van der Waals surface area contributed by atoms with E-state index in [9.17, 15) is 34.5 Å². The van der Waals surface area contributed by atoms with Gasteiger partial charge in [-0.25, -0.2) is 0 Å². The SMILES string of the molecule is COC1=CC(=O)[C@@]2(c3cc(=O)c4c(O)cc(O)cc4o3)[C@H](C[C@]3(C)[C@@H](C(=O)O)CC=C4[C@H]3CCCC4(C)C)C(C)=CC[C@H]2C1=O. The van der Waals surface area contributed by atoms with Crippen molar-refractivity contribution >= 4 is 28.5 Å². The van der Waals surface area contributed by atoms with Crippen LogP contribution in [-0.2, 0) is 24.5 Å². The molecule has 2 aromatic rings. The van der Waals surface area contributed by atoms with E-state index in [4.69, 9.17) is 9.15 Å². The van der Waals surface area contributed by atoms with Crippen molar-refractivity contribution in [2.45, 2.75) is 71.6 Å². The Bertz CT molecular complexity index is 1790. The second kappa shape index (κ2) is 10.5. The first-order valence-corrected chi connectivity index (χ1v) is 15.6. The second-order valence-corrected chi connectivity index (χ2v) is 14.2. The fraction of sp³-hybridized carbons (Fsp3) is 0.500. The van der Waals surface area contributed by atoms with Gasteiger partial charge in [-0.3, -0.25) is 19.2 Å². The maximum atomic E-state index is 14.6. The van der Waals surface area contributed by atoms with E-state index in [0.717, 1.165) is 30.9 Å². The Labute approximate surface area is 261 Å². The van der Waals surface area contributed by atoms with Crippen LogP contribution in [0.3, 0.4) is 0 Å². The van der Waals surface area contributed by atoms with E-state index in [2.05, 4.69) is 19.9 Å². The molecule has 6 rings (SSSR count). The fourth-order valence-corrected chi connectivity index (χ4v) is 9.26. The molecule has 238 valence electrons. The van der Waals surface area contributed by atoms with Crippen LogP contribution in [0.5, 0.6) is 11.5 Å². The van der Waals surface area contributed by atoms with Crippen molar-refractivity contribution in [1.29, 1.82) is 0 Å². The number of fused-ring (bicyclic) bond motifs is 3. The number of carboxylic acids is 1. The summed E-state index contributed by atoms with van der Waals surface area (Å²) in [5, 5.41) is 31.1. The Morgan fingerprint density at radius 3 is 2.47 bits per heavy atom. The Morgan fingerprint density at radius 2 is 1.78 bits per heavy atom. The molecule has 4 aliphatic rings. The standard InChI is InChI=1S/C36H40O9/c1-18-8-9-22-32(41)28(44-5)16-29(40)36(22,30-15-26(39)31-25(38)13-19(37)14-27(31)45-30)24(18)17-35(4)21-7-6-12-34(2,3)20(21)10-11-23(35)33(42)43/h8,10,13-16,21-24,37-38H,6-7,9,11-12,17H2,1-5H3,(H,42,43)/t21-,22+,23-,24-,35+,36+/m1/s1. The molecule has 0 saturated heterocycles. The third-order valence-corrected chi connectivity index (χ3v) is 11.5. The fourth-order valence-electron chi connectivity index (χ4n) is 9.26. The van der Waals surface area contributed by atoms with Gasteiger partial charge in [-0.1, -0.05) is 50.5 Å². The van der Waals surface area contributed by atoms with Gasteiger partial charge in [0.25, 0.3) is 0 Å². The van der Waals surface area contributed by atoms with E-state index in [1.54, 1.807) is 0 Å². The lowest BCUT2D eigenvalue weighted by molar-refractivity contribution is -0.151. The molecule has 1 aromatic carbocycles. The van der Waals surface area contributed by atoms with Crippen molar-refractivity contribution in [2.24, 2.45) is 34.5 Å². The average Bonchev–Trinajstić information content (AvgIpc) is 2.95. The second-order valence-electron chi connectivity index (χ2n) is 14.2. The lowest BCUT2D eigenvalue weighted by Gasteiger charge is -2.56. The predicted molar refractivity (Wildman–Crippen MR) is 166 cm³/mol. The van der Waals surface area contributed by atoms with Gasteiger partial charge in [0.05, 0.1) is 13.0 Å². The summed E-state index contributed by atoms with van der Waals surface area (Å²) >= 11 is 0. The summed E-state index contributed by atoms with van der Waals surface area (Å²) in [6.07, 6.45) is 8.74. The minimum absolute atomic E-state index is 0.0526. The molecule has 0 radical (unpaired) electrons. The normalized spacial score (nSPS) is 32.6. The van der Waals surface area contributed by atoms with E-state index in [1.807, 2.05) is 19.9 Å². The first-order valence-electron chi connectivity index (χ1n) is 15.6. The average molecular weight is 617 g/mol. The van der Waals surface area contributed by atoms with Gasteiger partial charge in [-0.15, -0.1) is 0 Å². The molecule has 6 atom stereocenters. The van der Waals surface area contributed by atoms with Gasteiger partial charge in [0.2, 0.25) is 5.78 Å². The van der Waals surface area contributed by atoms with Gasteiger partial charge >= 0.3 is 5.97 Å². The monoisotopic (exact) mass is 616 g/mol. The number of benzene rings is 1. The highest BCUT2D eigenvalue weighted by atomic mass is 16.5. The first-order chi connectivity index (χ1) is 21.2. The Balaban J connectivity index is 1.62. The van der Waals surface area contributed by atoms with Crippen molar-refractivity contribution in [3.63, 3.8) is 0 Å². The maximum Gasteiger partial charge on any atom is 0.307 e. The quantitative estimate of drug-likeness (QED) is 0.346. The smallest absolute Gasteiger partial charge is 0.307 e. The summed E-state index contributed by atoms with van der Waals surface area (Å²) in [6.45, 7) is 8.29. The molecular formula is C36H40O9. The van der Waals surface area contributed by atoms with Crippen molar-refractivity contribution in [1.82, 2.24) is 0 Å². The van der Waals surface area contributed by atoms with Gasteiger partial charge in [0, 0.05) is 36.1 Å². The number of ketones is 2. The summed E-state index contributed by atoms with van der Waals surface area (Å²) in [6, 6.07) is 3.40. The molecule has 45 heavy (non-hydrogen) atoms. The molecule has 9 nitrogen and oxygen atoms in total. The van der Waals surface area contributed by atoms with Crippen molar-refractivity contribution < 1.29 is 38.9 Å². The van der Waals surface area contributed by atoms with Crippen molar-refractivity contribution in [3.8, 4) is 11.5 Å². The molecule has 1 saturated carbocycles. The van der Waals surface area contributed by atoms with Crippen LogP contribution < -0.4 is 5.43 Å². The number of rotatable bonds is 5. The molecule has 1 fully saturated rings. The van der Waals surface area contributed by atoms with Crippen LogP contribution in [0.25, 0.3) is 11.0 Å². The zero-order valence-electron chi connectivity index (χ0n) is 26.3. The molecule has 4 aliphatic carbocycles. The zero-order valence-corrected chi connectivity index (χ0v) is 26.3.